The Kier molecular flexibility index (Phi) is 4.18. The Labute approximate surface area is 150 Å². The number of benzene rings is 1. The monoisotopic (exact) mass is 349 g/mol. The highest BCUT2D eigenvalue weighted by molar-refractivity contribution is 5.92. The van der Waals surface area contributed by atoms with Crippen molar-refractivity contribution < 1.29 is 9.15 Å². The number of ether oxygens (including phenoxy) is 1. The van der Waals surface area contributed by atoms with Gasteiger partial charge in [0.25, 0.3) is 0 Å². The first-order valence-corrected chi connectivity index (χ1v) is 8.38. The molecular weight excluding hydrogens is 330 g/mol. The minimum atomic E-state index is 0.418. The maximum absolute atomic E-state index is 6.27. The van der Waals surface area contributed by atoms with Crippen LogP contribution in [0.4, 0.5) is 11.5 Å². The predicted octanol–water partition coefficient (Wildman–Crippen LogP) is 3.58. The molecule has 26 heavy (non-hydrogen) atoms. The SMILES string of the molecule is CCOc1ccc(-c2c(N)nn3ccnc3c2NCc2ccco2)cc1. The van der Waals surface area contributed by atoms with Gasteiger partial charge in [0, 0.05) is 12.4 Å². The fraction of sp³-hybridized carbons (Fsp3) is 0.158. The smallest absolute Gasteiger partial charge is 0.177 e. The summed E-state index contributed by atoms with van der Waals surface area (Å²) in [6.45, 7) is 3.10. The van der Waals surface area contributed by atoms with Gasteiger partial charge in [0.05, 0.1) is 30.7 Å². The van der Waals surface area contributed by atoms with Crippen molar-refractivity contribution in [2.75, 3.05) is 17.7 Å². The maximum atomic E-state index is 6.27. The molecular formula is C19H19N5O2. The van der Waals surface area contributed by atoms with Crippen LogP contribution in [0.5, 0.6) is 5.75 Å². The third-order valence-electron chi connectivity index (χ3n) is 4.04. The van der Waals surface area contributed by atoms with E-state index in [0.29, 0.717) is 24.6 Å². The summed E-state index contributed by atoms with van der Waals surface area (Å²) in [5, 5.41) is 7.81. The quantitative estimate of drug-likeness (QED) is 0.553. The molecule has 0 radical (unpaired) electrons. The number of nitrogens with one attached hydrogen (secondary N) is 1. The van der Waals surface area contributed by atoms with E-state index >= 15 is 0 Å². The molecule has 0 saturated carbocycles. The number of hydrogen-bond acceptors (Lipinski definition) is 6. The normalized spacial score (nSPS) is 11.0. The predicted molar refractivity (Wildman–Crippen MR) is 100 cm³/mol. The van der Waals surface area contributed by atoms with Gasteiger partial charge in [-0.1, -0.05) is 12.1 Å². The highest BCUT2D eigenvalue weighted by Gasteiger charge is 2.17. The zero-order valence-electron chi connectivity index (χ0n) is 14.3. The van der Waals surface area contributed by atoms with Crippen LogP contribution in [0.15, 0.2) is 59.5 Å². The highest BCUT2D eigenvalue weighted by Crippen LogP contribution is 2.36. The van der Waals surface area contributed by atoms with Gasteiger partial charge in [0.2, 0.25) is 0 Å². The molecule has 0 amide bonds. The zero-order valence-corrected chi connectivity index (χ0v) is 14.3. The minimum Gasteiger partial charge on any atom is -0.494 e. The first-order chi connectivity index (χ1) is 12.8. The van der Waals surface area contributed by atoms with Crippen molar-refractivity contribution in [2.24, 2.45) is 0 Å². The fourth-order valence-electron chi connectivity index (χ4n) is 2.90. The Morgan fingerprint density at radius 1 is 1.23 bits per heavy atom. The van der Waals surface area contributed by atoms with Crippen molar-refractivity contribution >= 4 is 17.2 Å². The van der Waals surface area contributed by atoms with Crippen molar-refractivity contribution in [1.29, 1.82) is 0 Å². The first-order valence-electron chi connectivity index (χ1n) is 8.38. The lowest BCUT2D eigenvalue weighted by Crippen LogP contribution is -2.08. The molecule has 0 spiro atoms. The van der Waals surface area contributed by atoms with Crippen LogP contribution in [0.2, 0.25) is 0 Å². The second-order valence-corrected chi connectivity index (χ2v) is 5.72. The number of nitrogens with zero attached hydrogens (tertiary/aromatic N) is 3. The number of anilines is 2. The summed E-state index contributed by atoms with van der Waals surface area (Å²) in [5.74, 6) is 2.05. The summed E-state index contributed by atoms with van der Waals surface area (Å²) in [5.41, 5.74) is 9.52. The molecule has 4 rings (SSSR count). The van der Waals surface area contributed by atoms with Gasteiger partial charge in [-0.05, 0) is 36.8 Å². The number of hydrogen-bond donors (Lipinski definition) is 2. The fourth-order valence-corrected chi connectivity index (χ4v) is 2.90. The van der Waals surface area contributed by atoms with Crippen LogP contribution in [-0.2, 0) is 6.54 Å². The van der Waals surface area contributed by atoms with E-state index in [4.69, 9.17) is 14.9 Å². The number of fused-ring (bicyclic) bond motifs is 1. The lowest BCUT2D eigenvalue weighted by molar-refractivity contribution is 0.340. The van der Waals surface area contributed by atoms with Crippen LogP contribution in [0.1, 0.15) is 12.7 Å². The number of nitrogens with two attached hydrogens (primary N) is 1. The Morgan fingerprint density at radius 3 is 2.81 bits per heavy atom. The summed E-state index contributed by atoms with van der Waals surface area (Å²) < 4.78 is 12.6. The van der Waals surface area contributed by atoms with E-state index in [1.807, 2.05) is 43.3 Å². The van der Waals surface area contributed by atoms with Gasteiger partial charge in [-0.2, -0.15) is 0 Å². The summed E-state index contributed by atoms with van der Waals surface area (Å²) in [6.07, 6.45) is 5.12. The van der Waals surface area contributed by atoms with E-state index in [2.05, 4.69) is 15.4 Å². The van der Waals surface area contributed by atoms with E-state index in [9.17, 15) is 0 Å². The van der Waals surface area contributed by atoms with Gasteiger partial charge in [-0.3, -0.25) is 0 Å². The van der Waals surface area contributed by atoms with E-state index in [0.717, 1.165) is 28.3 Å². The van der Waals surface area contributed by atoms with E-state index < -0.39 is 0 Å². The third-order valence-corrected chi connectivity index (χ3v) is 4.04. The standard InChI is InChI=1S/C19H19N5O2/c1-2-25-14-7-5-13(6-8-14)16-17(22-12-15-4-3-11-26-15)19-21-9-10-24(19)23-18(16)20/h3-11,22H,2,12H2,1H3,(H2,20,23). The highest BCUT2D eigenvalue weighted by atomic mass is 16.5. The minimum absolute atomic E-state index is 0.418. The van der Waals surface area contributed by atoms with Crippen LogP contribution >= 0.6 is 0 Å². The van der Waals surface area contributed by atoms with Gasteiger partial charge in [0.1, 0.15) is 11.5 Å². The molecule has 7 nitrogen and oxygen atoms in total. The number of furan rings is 1. The molecule has 0 atom stereocenters. The molecule has 3 heterocycles. The molecule has 4 aromatic rings. The lowest BCUT2D eigenvalue weighted by Gasteiger charge is -2.15. The molecule has 0 aliphatic rings. The van der Waals surface area contributed by atoms with Crippen molar-refractivity contribution in [1.82, 2.24) is 14.6 Å². The molecule has 132 valence electrons. The summed E-state index contributed by atoms with van der Waals surface area (Å²) in [6, 6.07) is 11.5. The molecule has 0 saturated heterocycles. The number of aromatic nitrogens is 3. The Balaban J connectivity index is 1.79. The third kappa shape index (κ3) is 2.95. The van der Waals surface area contributed by atoms with Crippen LogP contribution in [-0.4, -0.2) is 21.2 Å². The molecule has 0 bridgehead atoms. The van der Waals surface area contributed by atoms with Gasteiger partial charge in [-0.15, -0.1) is 5.10 Å². The second kappa shape index (κ2) is 6.79. The average molecular weight is 349 g/mol. The Hall–Kier alpha value is -3.48. The summed E-state index contributed by atoms with van der Waals surface area (Å²) >= 11 is 0. The van der Waals surface area contributed by atoms with Crippen LogP contribution in [0.25, 0.3) is 16.8 Å². The average Bonchev–Trinajstić information content (AvgIpc) is 3.32. The molecule has 0 aliphatic carbocycles. The van der Waals surface area contributed by atoms with Crippen LogP contribution < -0.4 is 15.8 Å². The second-order valence-electron chi connectivity index (χ2n) is 5.72. The summed E-state index contributed by atoms with van der Waals surface area (Å²) in [7, 11) is 0. The number of rotatable bonds is 6. The Bertz CT molecular complexity index is 1010. The molecule has 3 aromatic heterocycles. The lowest BCUT2D eigenvalue weighted by atomic mass is 10.0. The van der Waals surface area contributed by atoms with Gasteiger partial charge in [0.15, 0.2) is 11.5 Å². The molecule has 7 heteroatoms. The maximum Gasteiger partial charge on any atom is 0.177 e. The zero-order chi connectivity index (χ0) is 17.9. The molecule has 1 aromatic carbocycles. The van der Waals surface area contributed by atoms with E-state index in [1.54, 1.807) is 23.2 Å². The van der Waals surface area contributed by atoms with Crippen molar-refractivity contribution in [3.8, 4) is 16.9 Å². The largest absolute Gasteiger partial charge is 0.494 e. The van der Waals surface area contributed by atoms with E-state index in [-0.39, 0.29) is 0 Å². The van der Waals surface area contributed by atoms with Crippen molar-refractivity contribution in [2.45, 2.75) is 13.5 Å². The molecule has 0 fully saturated rings. The van der Waals surface area contributed by atoms with Crippen LogP contribution in [0.3, 0.4) is 0 Å². The van der Waals surface area contributed by atoms with Gasteiger partial charge >= 0.3 is 0 Å². The van der Waals surface area contributed by atoms with E-state index in [1.165, 1.54) is 0 Å². The van der Waals surface area contributed by atoms with Crippen LogP contribution in [0, 0.1) is 0 Å². The van der Waals surface area contributed by atoms with Crippen molar-refractivity contribution in [3.63, 3.8) is 0 Å². The molecule has 0 aliphatic heterocycles. The van der Waals surface area contributed by atoms with Gasteiger partial charge < -0.3 is 20.2 Å². The Morgan fingerprint density at radius 2 is 2.08 bits per heavy atom. The molecule has 3 N–H and O–H groups in total. The number of imidazole rings is 1. The number of nitrogen functional groups attached to an aromatic ring is 1. The topological polar surface area (TPSA) is 90.6 Å². The summed E-state index contributed by atoms with van der Waals surface area (Å²) in [4.78, 5) is 4.42. The molecule has 0 unspecified atom stereocenters. The van der Waals surface area contributed by atoms with Crippen molar-refractivity contribution in [3.05, 3.63) is 60.8 Å². The first kappa shape index (κ1) is 16.0. The van der Waals surface area contributed by atoms with Gasteiger partial charge in [-0.25, -0.2) is 9.50 Å².